The highest BCUT2D eigenvalue weighted by Gasteiger charge is 2.22. The fourth-order valence-corrected chi connectivity index (χ4v) is 3.72. The monoisotopic (exact) mass is 400 g/mol. The molecule has 1 fully saturated rings. The lowest BCUT2D eigenvalue weighted by atomic mass is 10.0. The Morgan fingerprint density at radius 2 is 1.68 bits per heavy atom. The van der Waals surface area contributed by atoms with Crippen molar-refractivity contribution in [2.45, 2.75) is 38.6 Å². The van der Waals surface area contributed by atoms with E-state index in [9.17, 15) is 4.79 Å². The zero-order valence-corrected chi connectivity index (χ0v) is 17.3. The summed E-state index contributed by atoms with van der Waals surface area (Å²) >= 11 is 5.87. The highest BCUT2D eigenvalue weighted by Crippen LogP contribution is 2.24. The minimum absolute atomic E-state index is 0.00223. The standard InChI is InChI=1S/C23H29ClN2O2/c1-18-6-8-19(9-7-18)22(26-14-4-2-3-5-15-26)16-25-23(27)17-28-21-12-10-20(24)11-13-21/h6-13,22H,2-5,14-17H2,1H3,(H,25,27)/t22-/m1/s1. The average Bonchev–Trinajstić information content (AvgIpc) is 2.98. The van der Waals surface area contributed by atoms with Crippen LogP contribution in [0.3, 0.4) is 0 Å². The van der Waals surface area contributed by atoms with Gasteiger partial charge in [-0.25, -0.2) is 0 Å². The van der Waals surface area contributed by atoms with Gasteiger partial charge in [0.2, 0.25) is 0 Å². The van der Waals surface area contributed by atoms with Gasteiger partial charge >= 0.3 is 0 Å². The summed E-state index contributed by atoms with van der Waals surface area (Å²) in [5.74, 6) is 0.532. The Morgan fingerprint density at radius 1 is 1.04 bits per heavy atom. The van der Waals surface area contributed by atoms with Crippen LogP contribution in [0.5, 0.6) is 5.75 Å². The van der Waals surface area contributed by atoms with Gasteiger partial charge in [-0.15, -0.1) is 0 Å². The molecule has 150 valence electrons. The Kier molecular flexibility index (Phi) is 7.75. The van der Waals surface area contributed by atoms with Crippen molar-refractivity contribution in [1.82, 2.24) is 10.2 Å². The highest BCUT2D eigenvalue weighted by atomic mass is 35.5. The van der Waals surface area contributed by atoms with Crippen LogP contribution in [0.4, 0.5) is 0 Å². The average molecular weight is 401 g/mol. The number of hydrogen-bond donors (Lipinski definition) is 1. The van der Waals surface area contributed by atoms with Gasteiger partial charge < -0.3 is 10.1 Å². The van der Waals surface area contributed by atoms with Gasteiger partial charge in [-0.05, 0) is 62.7 Å². The number of rotatable bonds is 7. The number of carbonyl (C=O) groups is 1. The van der Waals surface area contributed by atoms with Crippen LogP contribution in [0.25, 0.3) is 0 Å². The molecule has 0 radical (unpaired) electrons. The van der Waals surface area contributed by atoms with Crippen molar-refractivity contribution < 1.29 is 9.53 Å². The molecule has 0 aliphatic carbocycles. The van der Waals surface area contributed by atoms with Gasteiger partial charge in [0.05, 0.1) is 6.04 Å². The van der Waals surface area contributed by atoms with E-state index in [4.69, 9.17) is 16.3 Å². The fraction of sp³-hybridized carbons (Fsp3) is 0.435. The Morgan fingerprint density at radius 3 is 2.32 bits per heavy atom. The van der Waals surface area contributed by atoms with E-state index in [2.05, 4.69) is 41.4 Å². The number of carbonyl (C=O) groups excluding carboxylic acids is 1. The number of halogens is 1. The first-order valence-electron chi connectivity index (χ1n) is 10.1. The number of amides is 1. The number of likely N-dealkylation sites (tertiary alicyclic amines) is 1. The second kappa shape index (κ2) is 10.5. The van der Waals surface area contributed by atoms with E-state index in [1.54, 1.807) is 24.3 Å². The molecule has 28 heavy (non-hydrogen) atoms. The van der Waals surface area contributed by atoms with E-state index < -0.39 is 0 Å². The molecule has 5 heteroatoms. The van der Waals surface area contributed by atoms with Crippen molar-refractivity contribution in [3.63, 3.8) is 0 Å². The second-order valence-electron chi connectivity index (χ2n) is 7.42. The van der Waals surface area contributed by atoms with Crippen LogP contribution in [0.15, 0.2) is 48.5 Å². The van der Waals surface area contributed by atoms with Crippen molar-refractivity contribution in [3.8, 4) is 5.75 Å². The van der Waals surface area contributed by atoms with Crippen LogP contribution in [-0.2, 0) is 4.79 Å². The number of ether oxygens (including phenoxy) is 1. The van der Waals surface area contributed by atoms with Crippen molar-refractivity contribution >= 4 is 17.5 Å². The first-order chi connectivity index (χ1) is 13.6. The summed E-state index contributed by atoms with van der Waals surface area (Å²) in [6.07, 6.45) is 5.02. The van der Waals surface area contributed by atoms with Crippen molar-refractivity contribution in [3.05, 3.63) is 64.7 Å². The summed E-state index contributed by atoms with van der Waals surface area (Å²) in [5, 5.41) is 3.71. The number of aryl methyl sites for hydroxylation is 1. The third-order valence-corrected chi connectivity index (χ3v) is 5.47. The molecule has 1 aliphatic heterocycles. The maximum atomic E-state index is 12.3. The van der Waals surface area contributed by atoms with E-state index in [1.165, 1.54) is 36.8 Å². The lowest BCUT2D eigenvalue weighted by molar-refractivity contribution is -0.123. The summed E-state index contributed by atoms with van der Waals surface area (Å²) in [4.78, 5) is 14.9. The summed E-state index contributed by atoms with van der Waals surface area (Å²) in [7, 11) is 0. The third kappa shape index (κ3) is 6.25. The van der Waals surface area contributed by atoms with E-state index >= 15 is 0 Å². The number of nitrogens with zero attached hydrogens (tertiary/aromatic N) is 1. The fourth-order valence-electron chi connectivity index (χ4n) is 3.59. The summed E-state index contributed by atoms with van der Waals surface area (Å²) in [6.45, 7) is 4.85. The zero-order chi connectivity index (χ0) is 19.8. The number of nitrogens with one attached hydrogen (secondary N) is 1. The molecular formula is C23H29ClN2O2. The predicted molar refractivity (Wildman–Crippen MR) is 114 cm³/mol. The smallest absolute Gasteiger partial charge is 0.258 e. The molecule has 0 bridgehead atoms. The van der Waals surface area contributed by atoms with Gasteiger partial charge in [0.15, 0.2) is 6.61 Å². The van der Waals surface area contributed by atoms with Crippen LogP contribution in [0.2, 0.25) is 5.02 Å². The molecule has 1 aliphatic rings. The summed E-state index contributed by atoms with van der Waals surface area (Å²) < 4.78 is 5.56. The van der Waals surface area contributed by atoms with Crippen molar-refractivity contribution in [1.29, 1.82) is 0 Å². The van der Waals surface area contributed by atoms with Gasteiger partial charge in [0, 0.05) is 11.6 Å². The first-order valence-corrected chi connectivity index (χ1v) is 10.5. The van der Waals surface area contributed by atoms with Gasteiger partial charge in [-0.3, -0.25) is 9.69 Å². The molecule has 0 aromatic heterocycles. The Bertz CT molecular complexity index is 738. The molecule has 0 spiro atoms. The van der Waals surface area contributed by atoms with Crippen LogP contribution in [0, 0.1) is 6.92 Å². The largest absolute Gasteiger partial charge is 0.484 e. The van der Waals surface area contributed by atoms with E-state index in [1.807, 2.05) is 0 Å². The maximum Gasteiger partial charge on any atom is 0.258 e. The molecule has 4 nitrogen and oxygen atoms in total. The molecule has 0 saturated carbocycles. The Labute approximate surface area is 172 Å². The van der Waals surface area contributed by atoms with Crippen LogP contribution < -0.4 is 10.1 Å². The third-order valence-electron chi connectivity index (χ3n) is 5.22. The zero-order valence-electron chi connectivity index (χ0n) is 16.5. The normalized spacial score (nSPS) is 16.2. The van der Waals surface area contributed by atoms with Gasteiger partial charge in [-0.1, -0.05) is 54.3 Å². The number of benzene rings is 2. The molecule has 1 amide bonds. The Balaban J connectivity index is 1.59. The summed E-state index contributed by atoms with van der Waals surface area (Å²) in [6, 6.07) is 15.9. The molecule has 1 heterocycles. The molecule has 0 unspecified atom stereocenters. The lowest BCUT2D eigenvalue weighted by Crippen LogP contribution is -2.40. The summed E-state index contributed by atoms with van der Waals surface area (Å²) in [5.41, 5.74) is 2.50. The molecule has 1 saturated heterocycles. The SMILES string of the molecule is Cc1ccc([C@@H](CNC(=O)COc2ccc(Cl)cc2)N2CCCCCC2)cc1. The maximum absolute atomic E-state index is 12.3. The molecule has 1 N–H and O–H groups in total. The number of hydrogen-bond acceptors (Lipinski definition) is 3. The van der Waals surface area contributed by atoms with Crippen molar-refractivity contribution in [2.75, 3.05) is 26.2 Å². The van der Waals surface area contributed by atoms with Crippen LogP contribution in [0.1, 0.15) is 42.9 Å². The van der Waals surface area contributed by atoms with Gasteiger partial charge in [-0.2, -0.15) is 0 Å². The molecule has 3 rings (SSSR count). The molecule has 2 aromatic carbocycles. The van der Waals surface area contributed by atoms with Gasteiger partial charge in [0.25, 0.3) is 5.91 Å². The van der Waals surface area contributed by atoms with Crippen LogP contribution >= 0.6 is 11.6 Å². The van der Waals surface area contributed by atoms with Crippen LogP contribution in [-0.4, -0.2) is 37.0 Å². The molecule has 1 atom stereocenters. The minimum Gasteiger partial charge on any atom is -0.484 e. The van der Waals surface area contributed by atoms with E-state index in [0.29, 0.717) is 17.3 Å². The van der Waals surface area contributed by atoms with E-state index in [0.717, 1.165) is 13.1 Å². The first kappa shape index (κ1) is 20.7. The lowest BCUT2D eigenvalue weighted by Gasteiger charge is -2.31. The topological polar surface area (TPSA) is 41.6 Å². The Hall–Kier alpha value is -2.04. The predicted octanol–water partition coefficient (Wildman–Crippen LogP) is 4.76. The molecular weight excluding hydrogens is 372 g/mol. The quantitative estimate of drug-likeness (QED) is 0.728. The molecule has 2 aromatic rings. The minimum atomic E-state index is -0.109. The van der Waals surface area contributed by atoms with E-state index in [-0.39, 0.29) is 18.6 Å². The van der Waals surface area contributed by atoms with Crippen molar-refractivity contribution in [2.24, 2.45) is 0 Å². The second-order valence-corrected chi connectivity index (χ2v) is 7.86. The van der Waals surface area contributed by atoms with Gasteiger partial charge in [0.1, 0.15) is 5.75 Å². The highest BCUT2D eigenvalue weighted by molar-refractivity contribution is 6.30.